The monoisotopic (exact) mass is 403 g/mol. The maximum Gasteiger partial charge on any atom is 0.308 e. The average molecular weight is 404 g/mol. The number of carbonyl (C=O) groups is 1. The number of amides is 1. The number of nitrogens with two attached hydrogens (primary N) is 1. The summed E-state index contributed by atoms with van der Waals surface area (Å²) in [7, 11) is -2.61. The van der Waals surface area contributed by atoms with Gasteiger partial charge in [-0.3, -0.25) is 4.79 Å². The van der Waals surface area contributed by atoms with Crippen molar-refractivity contribution in [2.24, 2.45) is 5.73 Å². The van der Waals surface area contributed by atoms with Crippen LogP contribution in [0.1, 0.15) is 48.0 Å². The molecule has 1 amide bonds. The lowest BCUT2D eigenvalue weighted by molar-refractivity contribution is 0.100. The molecule has 0 saturated heterocycles. The van der Waals surface area contributed by atoms with Gasteiger partial charge in [0.2, 0.25) is 0 Å². The van der Waals surface area contributed by atoms with Crippen molar-refractivity contribution < 1.29 is 13.2 Å². The van der Waals surface area contributed by atoms with Gasteiger partial charge < -0.3 is 16.4 Å². The lowest BCUT2D eigenvalue weighted by Gasteiger charge is -2.25. The third kappa shape index (κ3) is 6.99. The molecule has 1 fully saturated rings. The first-order chi connectivity index (χ1) is 13.3. The first kappa shape index (κ1) is 21.4. The summed E-state index contributed by atoms with van der Waals surface area (Å²) in [6.07, 6.45) is 7.54. The van der Waals surface area contributed by atoms with Gasteiger partial charge in [-0.1, -0.05) is 37.0 Å². The zero-order chi connectivity index (χ0) is 20.5. The van der Waals surface area contributed by atoms with Crippen LogP contribution in [0.15, 0.2) is 36.5 Å². The lowest BCUT2D eigenvalue weighted by atomic mass is 9.95. The van der Waals surface area contributed by atoms with Gasteiger partial charge in [-0.2, -0.15) is 13.2 Å². The topological polar surface area (TPSA) is 138 Å². The predicted octanol–water partition coefficient (Wildman–Crippen LogP) is 3.60. The van der Waals surface area contributed by atoms with E-state index in [9.17, 15) is 4.79 Å². The Labute approximate surface area is 166 Å². The molecule has 2 aromatic rings. The van der Waals surface area contributed by atoms with E-state index in [2.05, 4.69) is 22.5 Å². The van der Waals surface area contributed by atoms with E-state index >= 15 is 0 Å². The molecule has 9 heteroatoms. The quantitative estimate of drug-likeness (QED) is 0.602. The van der Waals surface area contributed by atoms with E-state index in [0.717, 1.165) is 24.2 Å². The van der Waals surface area contributed by atoms with Crippen LogP contribution >= 0.6 is 0 Å². The van der Waals surface area contributed by atoms with Gasteiger partial charge >= 0.3 is 10.5 Å². The van der Waals surface area contributed by atoms with Crippen LogP contribution in [-0.2, 0) is 10.5 Å². The van der Waals surface area contributed by atoms with E-state index < -0.39 is 16.4 Å². The standard InChI is InChI=1S/C19H24N4O.HNO2S/c1-13-7-9-15(10-8-13)23-18-11-17(16(12-21-18)19(20)24)22-14-5-3-2-4-6-14;1-4(2)3/h7-12,14H,2-6H2,1H3,(H2,20,24)(H2,21,22,23);1H. The molecule has 1 saturated carbocycles. The Morgan fingerprint density at radius 2 is 1.79 bits per heavy atom. The fraction of sp³-hybridized carbons (Fsp3) is 0.368. The minimum Gasteiger partial charge on any atom is -0.382 e. The second-order valence-electron chi connectivity index (χ2n) is 6.68. The second kappa shape index (κ2) is 10.4. The van der Waals surface area contributed by atoms with Gasteiger partial charge in [-0.05, 0) is 31.9 Å². The van der Waals surface area contributed by atoms with E-state index in [1.165, 1.54) is 24.8 Å². The number of anilines is 3. The van der Waals surface area contributed by atoms with Crippen LogP contribution in [0.2, 0.25) is 0 Å². The molecule has 1 aromatic heterocycles. The minimum atomic E-state index is -2.61. The Morgan fingerprint density at radius 1 is 1.18 bits per heavy atom. The molecule has 0 spiro atoms. The van der Waals surface area contributed by atoms with Gasteiger partial charge in [-0.15, -0.1) is 0 Å². The third-order valence-electron chi connectivity index (χ3n) is 4.46. The minimum absolute atomic E-state index is 0.395. The molecule has 0 aliphatic heterocycles. The van der Waals surface area contributed by atoms with E-state index in [1.54, 1.807) is 6.20 Å². The summed E-state index contributed by atoms with van der Waals surface area (Å²) in [5.41, 5.74) is 8.87. The Morgan fingerprint density at radius 3 is 2.36 bits per heavy atom. The Balaban J connectivity index is 0.000000640. The number of primary amides is 1. The van der Waals surface area contributed by atoms with Crippen LogP contribution in [0, 0.1) is 11.7 Å². The van der Waals surface area contributed by atoms with Crippen molar-refractivity contribution in [2.75, 3.05) is 10.6 Å². The van der Waals surface area contributed by atoms with Crippen molar-refractivity contribution >= 4 is 33.6 Å². The van der Waals surface area contributed by atoms with Gasteiger partial charge in [0, 0.05) is 24.0 Å². The van der Waals surface area contributed by atoms with Gasteiger partial charge in [-0.25, -0.2) is 4.98 Å². The Hall–Kier alpha value is -2.94. The van der Waals surface area contributed by atoms with Crippen molar-refractivity contribution in [2.45, 2.75) is 45.1 Å². The number of rotatable bonds is 5. The summed E-state index contributed by atoms with van der Waals surface area (Å²) in [5.74, 6) is 0.241. The number of nitrogens with zero attached hydrogens (tertiary/aromatic N) is 1. The largest absolute Gasteiger partial charge is 0.382 e. The van der Waals surface area contributed by atoms with Crippen molar-refractivity contribution in [1.29, 1.82) is 4.78 Å². The Bertz CT molecular complexity index is 901. The number of hydrogen-bond donors (Lipinski definition) is 4. The van der Waals surface area contributed by atoms with E-state index in [4.69, 9.17) is 18.9 Å². The van der Waals surface area contributed by atoms with Crippen molar-refractivity contribution in [3.05, 3.63) is 47.7 Å². The highest BCUT2D eigenvalue weighted by Crippen LogP contribution is 2.26. The highest BCUT2D eigenvalue weighted by molar-refractivity contribution is 7.60. The third-order valence-corrected chi connectivity index (χ3v) is 4.46. The van der Waals surface area contributed by atoms with Gasteiger partial charge in [0.05, 0.1) is 11.3 Å². The number of nitrogens with one attached hydrogen (secondary N) is 3. The molecule has 150 valence electrons. The van der Waals surface area contributed by atoms with Gasteiger partial charge in [0.15, 0.2) is 0 Å². The van der Waals surface area contributed by atoms with Crippen LogP contribution in [0.25, 0.3) is 0 Å². The number of hydrogen-bond acceptors (Lipinski definition) is 7. The fourth-order valence-corrected chi connectivity index (χ4v) is 3.09. The average Bonchev–Trinajstić information content (AvgIpc) is 2.64. The van der Waals surface area contributed by atoms with Crippen molar-refractivity contribution in [3.8, 4) is 0 Å². The first-order valence-electron chi connectivity index (χ1n) is 9.05. The van der Waals surface area contributed by atoms with E-state index in [0.29, 0.717) is 17.4 Å². The SMILES string of the molecule is Cc1ccc(Nc2cc(NC3CCCCC3)c(C(N)=O)cn2)cc1.N=S(=O)=O. The number of benzene rings is 1. The summed E-state index contributed by atoms with van der Waals surface area (Å²) < 4.78 is 22.8. The molecular formula is C19H25N5O3S. The molecule has 8 nitrogen and oxygen atoms in total. The normalized spacial score (nSPS) is 13.8. The maximum absolute atomic E-state index is 11.7. The fourth-order valence-electron chi connectivity index (χ4n) is 3.09. The summed E-state index contributed by atoms with van der Waals surface area (Å²) in [4.78, 5) is 16.0. The van der Waals surface area contributed by atoms with Crippen molar-refractivity contribution in [3.63, 3.8) is 0 Å². The molecule has 3 rings (SSSR count). The molecule has 1 aliphatic carbocycles. The molecule has 1 aliphatic rings. The summed E-state index contributed by atoms with van der Waals surface area (Å²) in [5, 5.41) is 6.76. The van der Waals surface area contributed by atoms with Gasteiger partial charge in [0.1, 0.15) is 5.82 Å². The summed E-state index contributed by atoms with van der Waals surface area (Å²) in [6.45, 7) is 2.05. The number of carbonyl (C=O) groups excluding carboxylic acids is 1. The molecule has 5 N–H and O–H groups in total. The van der Waals surface area contributed by atoms with Crippen LogP contribution < -0.4 is 16.4 Å². The van der Waals surface area contributed by atoms with E-state index in [-0.39, 0.29) is 0 Å². The molecule has 0 radical (unpaired) electrons. The number of aryl methyl sites for hydroxylation is 1. The van der Waals surface area contributed by atoms with Crippen LogP contribution in [0.4, 0.5) is 17.2 Å². The molecular weight excluding hydrogens is 378 g/mol. The van der Waals surface area contributed by atoms with Crippen LogP contribution in [0.3, 0.4) is 0 Å². The molecule has 1 aromatic carbocycles. The molecule has 0 bridgehead atoms. The summed E-state index contributed by atoms with van der Waals surface area (Å²) in [6, 6.07) is 10.4. The maximum atomic E-state index is 11.7. The zero-order valence-electron chi connectivity index (χ0n) is 15.7. The second-order valence-corrected chi connectivity index (χ2v) is 7.15. The predicted molar refractivity (Wildman–Crippen MR) is 109 cm³/mol. The molecule has 0 unspecified atom stereocenters. The highest BCUT2D eigenvalue weighted by Gasteiger charge is 2.17. The van der Waals surface area contributed by atoms with Crippen LogP contribution in [-0.4, -0.2) is 25.4 Å². The number of aromatic nitrogens is 1. The smallest absolute Gasteiger partial charge is 0.308 e. The highest BCUT2D eigenvalue weighted by atomic mass is 32.2. The molecule has 1 heterocycles. The van der Waals surface area contributed by atoms with E-state index in [1.807, 2.05) is 30.3 Å². The van der Waals surface area contributed by atoms with Crippen molar-refractivity contribution in [1.82, 2.24) is 4.98 Å². The first-order valence-corrected chi connectivity index (χ1v) is 10.1. The summed E-state index contributed by atoms with van der Waals surface area (Å²) >= 11 is 0. The molecule has 0 atom stereocenters. The number of pyridine rings is 1. The van der Waals surface area contributed by atoms with Gasteiger partial charge in [0.25, 0.3) is 5.91 Å². The van der Waals surface area contributed by atoms with Crippen LogP contribution in [0.5, 0.6) is 0 Å². The lowest BCUT2D eigenvalue weighted by Crippen LogP contribution is -2.24. The Kier molecular flexibility index (Phi) is 7.94. The zero-order valence-corrected chi connectivity index (χ0v) is 16.6. The molecule has 28 heavy (non-hydrogen) atoms.